The maximum atomic E-state index is 11.9. The second-order valence-corrected chi connectivity index (χ2v) is 5.50. The molecule has 0 atom stereocenters. The average Bonchev–Trinajstić information content (AvgIpc) is 2.42. The van der Waals surface area contributed by atoms with Crippen molar-refractivity contribution in [2.75, 3.05) is 5.32 Å². The lowest BCUT2D eigenvalue weighted by atomic mass is 10.1. The Bertz CT molecular complexity index is 626. The van der Waals surface area contributed by atoms with Crippen LogP contribution in [0.25, 0.3) is 0 Å². The first-order valence-electron chi connectivity index (χ1n) is 5.85. The van der Waals surface area contributed by atoms with E-state index in [1.807, 2.05) is 30.3 Å². The molecule has 1 aromatic carbocycles. The zero-order chi connectivity index (χ0) is 14.5. The van der Waals surface area contributed by atoms with Crippen molar-refractivity contribution in [1.29, 1.82) is 0 Å². The Morgan fingerprint density at radius 1 is 1.25 bits per heavy atom. The van der Waals surface area contributed by atoms with Crippen LogP contribution in [-0.2, 0) is 11.2 Å². The van der Waals surface area contributed by atoms with Crippen molar-refractivity contribution in [2.24, 2.45) is 5.73 Å². The van der Waals surface area contributed by atoms with Crippen LogP contribution >= 0.6 is 28.1 Å². The number of nitrogens with two attached hydrogens (primary N) is 1. The zero-order valence-corrected chi connectivity index (χ0v) is 12.9. The van der Waals surface area contributed by atoms with Crippen molar-refractivity contribution in [2.45, 2.75) is 6.42 Å². The lowest BCUT2D eigenvalue weighted by Crippen LogP contribution is -2.15. The summed E-state index contributed by atoms with van der Waals surface area (Å²) >= 11 is 8.16. The smallest absolute Gasteiger partial charge is 0.229 e. The fraction of sp³-hybridized carbons (Fsp3) is 0.0714. The molecule has 0 saturated carbocycles. The largest absolute Gasteiger partial charge is 0.389 e. The molecule has 0 unspecified atom stereocenters. The Morgan fingerprint density at radius 3 is 2.50 bits per heavy atom. The number of thiocarbonyl (C=S) groups is 1. The van der Waals surface area contributed by atoms with E-state index < -0.39 is 0 Å². The summed E-state index contributed by atoms with van der Waals surface area (Å²) in [7, 11) is 0. The number of aromatic nitrogens is 1. The van der Waals surface area contributed by atoms with Gasteiger partial charge in [-0.1, -0.05) is 36.5 Å². The van der Waals surface area contributed by atoms with Gasteiger partial charge in [0.15, 0.2) is 0 Å². The number of rotatable bonds is 4. The molecule has 20 heavy (non-hydrogen) atoms. The van der Waals surface area contributed by atoms with Gasteiger partial charge in [-0.3, -0.25) is 4.79 Å². The van der Waals surface area contributed by atoms with Gasteiger partial charge in [0.2, 0.25) is 5.91 Å². The van der Waals surface area contributed by atoms with Gasteiger partial charge in [-0.2, -0.15) is 0 Å². The highest BCUT2D eigenvalue weighted by Crippen LogP contribution is 2.11. The molecule has 0 spiro atoms. The first kappa shape index (κ1) is 14.6. The molecule has 0 fully saturated rings. The molecule has 2 aromatic rings. The minimum atomic E-state index is -0.122. The van der Waals surface area contributed by atoms with Crippen LogP contribution in [-0.4, -0.2) is 15.9 Å². The van der Waals surface area contributed by atoms with Crippen LogP contribution in [0.2, 0.25) is 0 Å². The van der Waals surface area contributed by atoms with Gasteiger partial charge < -0.3 is 11.1 Å². The molecular formula is C14H12BrN3OS. The lowest BCUT2D eigenvalue weighted by molar-refractivity contribution is -0.115. The lowest BCUT2D eigenvalue weighted by Gasteiger charge is -2.05. The van der Waals surface area contributed by atoms with E-state index in [2.05, 4.69) is 26.2 Å². The summed E-state index contributed by atoms with van der Waals surface area (Å²) in [6.45, 7) is 0. The van der Waals surface area contributed by atoms with E-state index in [4.69, 9.17) is 18.0 Å². The van der Waals surface area contributed by atoms with Crippen molar-refractivity contribution in [3.8, 4) is 0 Å². The first-order valence-corrected chi connectivity index (χ1v) is 7.05. The van der Waals surface area contributed by atoms with E-state index in [-0.39, 0.29) is 12.3 Å². The second-order valence-electron chi connectivity index (χ2n) is 4.15. The number of carbonyl (C=O) groups is 1. The Kier molecular flexibility index (Phi) is 4.81. The van der Waals surface area contributed by atoms with Gasteiger partial charge in [0.05, 0.1) is 6.42 Å². The van der Waals surface area contributed by atoms with Gasteiger partial charge in [0.1, 0.15) is 10.8 Å². The number of carbonyl (C=O) groups excluding carboxylic acids is 1. The van der Waals surface area contributed by atoms with Crippen molar-refractivity contribution in [3.63, 3.8) is 0 Å². The SMILES string of the molecule is NC(=S)c1ccc(CC(=O)Nc2ccc(Br)cn2)cc1. The fourth-order valence-electron chi connectivity index (χ4n) is 1.61. The molecule has 0 aliphatic heterocycles. The topological polar surface area (TPSA) is 68.0 Å². The maximum absolute atomic E-state index is 11.9. The Morgan fingerprint density at radius 2 is 1.95 bits per heavy atom. The molecule has 1 heterocycles. The minimum Gasteiger partial charge on any atom is -0.389 e. The second kappa shape index (κ2) is 6.58. The molecule has 1 amide bonds. The van der Waals surface area contributed by atoms with Crippen LogP contribution in [0.1, 0.15) is 11.1 Å². The number of nitrogens with zero attached hydrogens (tertiary/aromatic N) is 1. The molecule has 0 radical (unpaired) electrons. The van der Waals surface area contributed by atoms with Crippen LogP contribution in [0.4, 0.5) is 5.82 Å². The Hall–Kier alpha value is -1.79. The van der Waals surface area contributed by atoms with Gasteiger partial charge in [-0.05, 0) is 33.6 Å². The molecule has 0 saturated heterocycles. The van der Waals surface area contributed by atoms with Crippen molar-refractivity contribution in [1.82, 2.24) is 4.98 Å². The van der Waals surface area contributed by atoms with Crippen LogP contribution in [0.3, 0.4) is 0 Å². The minimum absolute atomic E-state index is 0.122. The number of hydrogen-bond acceptors (Lipinski definition) is 3. The van der Waals surface area contributed by atoms with Crippen LogP contribution in [0.5, 0.6) is 0 Å². The predicted molar refractivity (Wildman–Crippen MR) is 86.6 cm³/mol. The van der Waals surface area contributed by atoms with E-state index in [1.165, 1.54) is 0 Å². The van der Waals surface area contributed by atoms with Crippen molar-refractivity contribution >= 4 is 44.9 Å². The van der Waals surface area contributed by atoms with Crippen LogP contribution in [0, 0.1) is 0 Å². The Balaban J connectivity index is 1.97. The highest BCUT2D eigenvalue weighted by molar-refractivity contribution is 9.10. The van der Waals surface area contributed by atoms with Crippen LogP contribution in [0.15, 0.2) is 47.1 Å². The summed E-state index contributed by atoms with van der Waals surface area (Å²) in [4.78, 5) is 16.3. The molecule has 0 aliphatic carbocycles. The summed E-state index contributed by atoms with van der Waals surface area (Å²) in [5.41, 5.74) is 7.20. The van der Waals surface area contributed by atoms with Crippen molar-refractivity contribution < 1.29 is 4.79 Å². The fourth-order valence-corrected chi connectivity index (χ4v) is 1.98. The first-order chi connectivity index (χ1) is 9.54. The molecule has 1 aromatic heterocycles. The zero-order valence-electron chi connectivity index (χ0n) is 10.5. The van der Waals surface area contributed by atoms with Gasteiger partial charge in [0.25, 0.3) is 0 Å². The van der Waals surface area contributed by atoms with Crippen LogP contribution < -0.4 is 11.1 Å². The average molecular weight is 350 g/mol. The molecule has 3 N–H and O–H groups in total. The Labute approximate surface area is 130 Å². The molecule has 0 aliphatic rings. The summed E-state index contributed by atoms with van der Waals surface area (Å²) in [5.74, 6) is 0.404. The predicted octanol–water partition coefficient (Wildman–Crippen LogP) is 2.66. The monoisotopic (exact) mass is 349 g/mol. The van der Waals surface area contributed by atoms with E-state index in [9.17, 15) is 4.79 Å². The number of nitrogens with one attached hydrogen (secondary N) is 1. The number of anilines is 1. The highest BCUT2D eigenvalue weighted by atomic mass is 79.9. The molecule has 6 heteroatoms. The summed E-state index contributed by atoms with van der Waals surface area (Å²) < 4.78 is 0.865. The third-order valence-corrected chi connectivity index (χ3v) is 3.30. The third-order valence-electron chi connectivity index (χ3n) is 2.60. The van der Waals surface area contributed by atoms with E-state index in [0.29, 0.717) is 10.8 Å². The third kappa shape index (κ3) is 4.11. The standard InChI is InChI=1S/C14H12BrN3OS/c15-11-5-6-12(17-8-11)18-13(19)7-9-1-3-10(4-2-9)14(16)20/h1-6,8H,7H2,(H2,16,20)(H,17,18,19). The van der Waals surface area contributed by atoms with Gasteiger partial charge in [-0.25, -0.2) is 4.98 Å². The highest BCUT2D eigenvalue weighted by Gasteiger charge is 2.05. The quantitative estimate of drug-likeness (QED) is 0.832. The summed E-state index contributed by atoms with van der Waals surface area (Å²) in [6.07, 6.45) is 1.90. The van der Waals surface area contributed by atoms with E-state index in [1.54, 1.807) is 12.3 Å². The normalized spacial score (nSPS) is 10.1. The van der Waals surface area contributed by atoms with Crippen molar-refractivity contribution in [3.05, 3.63) is 58.2 Å². The van der Waals surface area contributed by atoms with E-state index >= 15 is 0 Å². The number of amides is 1. The van der Waals surface area contributed by atoms with E-state index in [0.717, 1.165) is 15.6 Å². The molecule has 0 bridgehead atoms. The molecular weight excluding hydrogens is 338 g/mol. The molecule has 102 valence electrons. The van der Waals surface area contributed by atoms with Gasteiger partial charge in [0, 0.05) is 16.2 Å². The maximum Gasteiger partial charge on any atom is 0.229 e. The number of halogens is 1. The van der Waals surface area contributed by atoms with Gasteiger partial charge >= 0.3 is 0 Å². The summed E-state index contributed by atoms with van der Waals surface area (Å²) in [5, 5.41) is 2.73. The number of pyridine rings is 1. The molecule has 4 nitrogen and oxygen atoms in total. The van der Waals surface area contributed by atoms with Gasteiger partial charge in [-0.15, -0.1) is 0 Å². The molecule has 2 rings (SSSR count). The summed E-state index contributed by atoms with van der Waals surface area (Å²) in [6, 6.07) is 10.8. The number of hydrogen-bond donors (Lipinski definition) is 2. The number of benzene rings is 1.